The van der Waals surface area contributed by atoms with Crippen molar-refractivity contribution in [1.29, 1.82) is 5.26 Å². The van der Waals surface area contributed by atoms with Gasteiger partial charge in [-0.2, -0.15) is 5.26 Å². The maximum atomic E-state index is 12.0. The minimum atomic E-state index is -0.461. The molecule has 144 valence electrons. The summed E-state index contributed by atoms with van der Waals surface area (Å²) < 4.78 is 17.2. The molecule has 6 heteroatoms. The van der Waals surface area contributed by atoms with Crippen molar-refractivity contribution in [1.82, 2.24) is 4.98 Å². The number of ketones is 1. The monoisotopic (exact) mass is 386 g/mol. The summed E-state index contributed by atoms with van der Waals surface area (Å²) >= 11 is 0. The number of carbonyl (C=O) groups excluding carboxylic acids is 1. The quantitative estimate of drug-likeness (QED) is 0.657. The molecule has 0 spiro atoms. The van der Waals surface area contributed by atoms with Crippen molar-refractivity contribution < 1.29 is 19.0 Å². The number of Topliss-reactive ketones (excluding diaryl/α,β-unsaturated/α-hetero) is 1. The molecule has 0 unspecified atom stereocenters. The van der Waals surface area contributed by atoms with E-state index in [4.69, 9.17) is 19.5 Å². The molecule has 2 heterocycles. The summed E-state index contributed by atoms with van der Waals surface area (Å²) in [6.07, 6.45) is 1.58. The third-order valence-electron chi connectivity index (χ3n) is 4.71. The van der Waals surface area contributed by atoms with E-state index >= 15 is 0 Å². The molecule has 6 nitrogen and oxygen atoms in total. The van der Waals surface area contributed by atoms with Gasteiger partial charge in [0.25, 0.3) is 0 Å². The molecule has 4 rings (SSSR count). The Morgan fingerprint density at radius 1 is 1.10 bits per heavy atom. The van der Waals surface area contributed by atoms with Crippen molar-refractivity contribution in [2.45, 2.75) is 12.5 Å². The van der Waals surface area contributed by atoms with Crippen LogP contribution in [0.5, 0.6) is 17.4 Å². The Labute approximate surface area is 168 Å². The van der Waals surface area contributed by atoms with Gasteiger partial charge in [-0.05, 0) is 35.9 Å². The van der Waals surface area contributed by atoms with Crippen LogP contribution in [0.15, 0.2) is 60.8 Å². The normalized spacial score (nSPS) is 13.6. The minimum absolute atomic E-state index is 0.0697. The molecule has 0 saturated carbocycles. The van der Waals surface area contributed by atoms with Crippen molar-refractivity contribution in [3.05, 3.63) is 83.0 Å². The first-order chi connectivity index (χ1) is 14.2. The van der Waals surface area contributed by atoms with E-state index in [1.165, 1.54) is 0 Å². The Morgan fingerprint density at radius 3 is 2.69 bits per heavy atom. The zero-order valence-electron chi connectivity index (χ0n) is 15.8. The number of aromatic nitrogens is 1. The van der Waals surface area contributed by atoms with Crippen LogP contribution in [0, 0.1) is 11.3 Å². The van der Waals surface area contributed by atoms with Gasteiger partial charge in [0.05, 0.1) is 30.9 Å². The average Bonchev–Trinajstić information content (AvgIpc) is 2.78. The van der Waals surface area contributed by atoms with Crippen LogP contribution in [0.4, 0.5) is 0 Å². The van der Waals surface area contributed by atoms with Gasteiger partial charge in [-0.3, -0.25) is 4.79 Å². The van der Waals surface area contributed by atoms with Crippen LogP contribution in [-0.2, 0) is 0 Å². The summed E-state index contributed by atoms with van der Waals surface area (Å²) in [5.41, 5.74) is 2.85. The highest BCUT2D eigenvalue weighted by molar-refractivity contribution is 5.99. The molecule has 1 aliphatic heterocycles. The molecule has 1 aliphatic rings. The summed E-state index contributed by atoms with van der Waals surface area (Å²) in [6, 6.07) is 18.2. The summed E-state index contributed by atoms with van der Waals surface area (Å²) in [4.78, 5) is 16.2. The topological polar surface area (TPSA) is 81.4 Å². The molecule has 0 fully saturated rings. The highest BCUT2D eigenvalue weighted by atomic mass is 16.5. The first kappa shape index (κ1) is 18.5. The summed E-state index contributed by atoms with van der Waals surface area (Å²) in [6.45, 7) is 0.371. The lowest BCUT2D eigenvalue weighted by Crippen LogP contribution is -2.15. The standard InChI is InChI=1S/C23H18N2O4/c1-27-22-12-17(8-10-25-22)23(16-4-2-15(14-24)3-5-16)29-18-6-7-19-20(26)9-11-28-21(19)13-18/h2-8,10,12-13,23H,9,11H2,1H3/t23-/m1/s1. The second-order valence-corrected chi connectivity index (χ2v) is 6.54. The Hall–Kier alpha value is -3.85. The average molecular weight is 386 g/mol. The number of hydrogen-bond acceptors (Lipinski definition) is 6. The number of ether oxygens (including phenoxy) is 3. The summed E-state index contributed by atoms with van der Waals surface area (Å²) in [5.74, 6) is 1.65. The van der Waals surface area contributed by atoms with Gasteiger partial charge in [0.15, 0.2) is 5.78 Å². The Morgan fingerprint density at radius 2 is 1.93 bits per heavy atom. The van der Waals surface area contributed by atoms with Crippen LogP contribution in [0.25, 0.3) is 0 Å². The highest BCUT2D eigenvalue weighted by Gasteiger charge is 2.22. The number of methoxy groups -OCH3 is 1. The van der Waals surface area contributed by atoms with Gasteiger partial charge >= 0.3 is 0 Å². The SMILES string of the molecule is COc1cc([C@H](Oc2ccc3c(c2)OCCC3=O)c2ccc(C#N)cc2)ccn1. The molecular weight excluding hydrogens is 368 g/mol. The van der Waals surface area contributed by atoms with Gasteiger partial charge in [0.1, 0.15) is 17.6 Å². The Kier molecular flexibility index (Phi) is 5.12. The van der Waals surface area contributed by atoms with E-state index in [1.807, 2.05) is 18.2 Å². The number of fused-ring (bicyclic) bond motifs is 1. The fourth-order valence-electron chi connectivity index (χ4n) is 3.21. The smallest absolute Gasteiger partial charge is 0.213 e. The zero-order valence-corrected chi connectivity index (χ0v) is 15.8. The maximum absolute atomic E-state index is 12.0. The Bertz CT molecular complexity index is 1090. The molecule has 0 N–H and O–H groups in total. The number of rotatable bonds is 5. The lowest BCUT2D eigenvalue weighted by atomic mass is 10.0. The van der Waals surface area contributed by atoms with E-state index in [2.05, 4.69) is 11.1 Å². The van der Waals surface area contributed by atoms with Gasteiger partial charge in [-0.15, -0.1) is 0 Å². The van der Waals surface area contributed by atoms with Crippen molar-refractivity contribution in [3.8, 4) is 23.4 Å². The second kappa shape index (κ2) is 8.03. The van der Waals surface area contributed by atoms with E-state index < -0.39 is 6.10 Å². The van der Waals surface area contributed by atoms with Crippen LogP contribution in [-0.4, -0.2) is 24.5 Å². The number of benzene rings is 2. The molecule has 0 aliphatic carbocycles. The van der Waals surface area contributed by atoms with Crippen LogP contribution in [0.3, 0.4) is 0 Å². The molecule has 0 radical (unpaired) electrons. The molecule has 0 saturated heterocycles. The fourth-order valence-corrected chi connectivity index (χ4v) is 3.21. The third-order valence-corrected chi connectivity index (χ3v) is 4.71. The summed E-state index contributed by atoms with van der Waals surface area (Å²) in [5, 5.41) is 9.07. The third kappa shape index (κ3) is 3.90. The largest absolute Gasteiger partial charge is 0.492 e. The number of nitriles is 1. The predicted molar refractivity (Wildman–Crippen MR) is 105 cm³/mol. The molecule has 1 atom stereocenters. The lowest BCUT2D eigenvalue weighted by molar-refractivity contribution is 0.0933. The number of carbonyl (C=O) groups is 1. The molecule has 0 amide bonds. The first-order valence-electron chi connectivity index (χ1n) is 9.14. The number of pyridine rings is 1. The maximum Gasteiger partial charge on any atom is 0.213 e. The van der Waals surface area contributed by atoms with Crippen LogP contribution < -0.4 is 14.2 Å². The van der Waals surface area contributed by atoms with Crippen LogP contribution in [0.1, 0.15) is 39.6 Å². The molecular formula is C23H18N2O4. The molecule has 0 bridgehead atoms. The van der Waals surface area contributed by atoms with E-state index in [-0.39, 0.29) is 5.78 Å². The number of nitrogens with zero attached hydrogens (tertiary/aromatic N) is 2. The van der Waals surface area contributed by atoms with Crippen molar-refractivity contribution in [3.63, 3.8) is 0 Å². The molecule has 3 aromatic rings. The number of hydrogen-bond donors (Lipinski definition) is 0. The van der Waals surface area contributed by atoms with E-state index in [0.717, 1.165) is 11.1 Å². The van der Waals surface area contributed by atoms with Crippen molar-refractivity contribution in [2.75, 3.05) is 13.7 Å². The molecule has 2 aromatic carbocycles. The van der Waals surface area contributed by atoms with Crippen molar-refractivity contribution in [2.24, 2.45) is 0 Å². The predicted octanol–water partition coefficient (Wildman–Crippen LogP) is 4.10. The zero-order chi connectivity index (χ0) is 20.2. The Balaban J connectivity index is 1.72. The van der Waals surface area contributed by atoms with Crippen LogP contribution in [0.2, 0.25) is 0 Å². The minimum Gasteiger partial charge on any atom is -0.492 e. The summed E-state index contributed by atoms with van der Waals surface area (Å²) in [7, 11) is 1.56. The lowest BCUT2D eigenvalue weighted by Gasteiger charge is -2.22. The van der Waals surface area contributed by atoms with Crippen LogP contribution >= 0.6 is 0 Å². The highest BCUT2D eigenvalue weighted by Crippen LogP contribution is 2.34. The van der Waals surface area contributed by atoms with Gasteiger partial charge in [0.2, 0.25) is 5.88 Å². The van der Waals surface area contributed by atoms with Gasteiger partial charge in [0, 0.05) is 30.3 Å². The van der Waals surface area contributed by atoms with Gasteiger partial charge < -0.3 is 14.2 Å². The second-order valence-electron chi connectivity index (χ2n) is 6.54. The first-order valence-corrected chi connectivity index (χ1v) is 9.14. The van der Waals surface area contributed by atoms with E-state index in [0.29, 0.717) is 41.5 Å². The van der Waals surface area contributed by atoms with E-state index in [9.17, 15) is 4.79 Å². The molecule has 29 heavy (non-hydrogen) atoms. The van der Waals surface area contributed by atoms with Gasteiger partial charge in [-0.25, -0.2) is 4.98 Å². The van der Waals surface area contributed by atoms with E-state index in [1.54, 1.807) is 49.7 Å². The van der Waals surface area contributed by atoms with Gasteiger partial charge in [-0.1, -0.05) is 12.1 Å². The molecule has 1 aromatic heterocycles. The fraction of sp³-hybridized carbons (Fsp3) is 0.174. The van der Waals surface area contributed by atoms with Crippen molar-refractivity contribution >= 4 is 5.78 Å².